The molecule has 0 radical (unpaired) electrons. The molecule has 2 aliphatic rings. The van der Waals surface area contributed by atoms with E-state index in [-0.39, 0.29) is 28.7 Å². The lowest BCUT2D eigenvalue weighted by molar-refractivity contribution is -0.117. The van der Waals surface area contributed by atoms with E-state index in [1.807, 2.05) is 36.1 Å². The number of hydrogen-bond donors (Lipinski definition) is 0. The molecule has 8 heteroatoms. The second-order valence-corrected chi connectivity index (χ2v) is 9.62. The monoisotopic (exact) mass is 382 g/mol. The number of carbonyl (C=O) groups excluding carboxylic acids is 1. The minimum atomic E-state index is -3.06. The van der Waals surface area contributed by atoms with Crippen molar-refractivity contribution in [1.82, 2.24) is 0 Å². The highest BCUT2D eigenvalue weighted by Gasteiger charge is 2.49. The van der Waals surface area contributed by atoms with Crippen molar-refractivity contribution in [2.75, 3.05) is 23.5 Å². The molecule has 0 bridgehead atoms. The van der Waals surface area contributed by atoms with Gasteiger partial charge in [-0.15, -0.1) is 0 Å². The van der Waals surface area contributed by atoms with E-state index in [9.17, 15) is 13.2 Å². The van der Waals surface area contributed by atoms with E-state index in [1.165, 1.54) is 11.8 Å². The van der Waals surface area contributed by atoms with Crippen molar-refractivity contribution in [2.24, 2.45) is 4.99 Å². The number of aliphatic imine (C=N–C) groups is 1. The molecule has 1 amide bonds. The summed E-state index contributed by atoms with van der Waals surface area (Å²) < 4.78 is 29.4. The van der Waals surface area contributed by atoms with Gasteiger partial charge in [-0.3, -0.25) is 4.79 Å². The van der Waals surface area contributed by atoms with Crippen LogP contribution in [0.25, 0.3) is 0 Å². The van der Waals surface area contributed by atoms with E-state index >= 15 is 0 Å². The minimum Gasteiger partial charge on any atom is -0.497 e. The molecule has 25 heavy (non-hydrogen) atoms. The summed E-state index contributed by atoms with van der Waals surface area (Å²) in [6, 6.07) is 7.23. The normalized spacial score (nSPS) is 26.0. The number of amides is 1. The zero-order chi connectivity index (χ0) is 18.0. The maximum absolute atomic E-state index is 12.1. The standard InChI is InChI=1S/C17H22N2O4S2/c1-3-4-8-16(20)18-17-19(12-6-5-7-13(9-12)23-2)14-10-25(21,22)11-15(14)24-17/h5-7,9,14-15H,3-4,8,10-11H2,1-2H3/t14-,15-/m0/s1. The number of sulfone groups is 1. The zero-order valence-electron chi connectivity index (χ0n) is 14.3. The maximum atomic E-state index is 12.1. The van der Waals surface area contributed by atoms with E-state index in [0.717, 1.165) is 18.5 Å². The minimum absolute atomic E-state index is 0.0873. The second-order valence-electron chi connectivity index (χ2n) is 6.26. The lowest BCUT2D eigenvalue weighted by Gasteiger charge is -2.24. The summed E-state index contributed by atoms with van der Waals surface area (Å²) in [5, 5.41) is 0.508. The van der Waals surface area contributed by atoms with Crippen LogP contribution in [0, 0.1) is 0 Å². The number of unbranched alkanes of at least 4 members (excludes halogenated alkanes) is 1. The molecule has 1 aromatic carbocycles. The molecule has 0 spiro atoms. The fourth-order valence-electron chi connectivity index (χ4n) is 3.12. The third kappa shape index (κ3) is 4.00. The molecule has 2 heterocycles. The van der Waals surface area contributed by atoms with Gasteiger partial charge in [-0.05, 0) is 18.6 Å². The number of ether oxygens (including phenoxy) is 1. The van der Waals surface area contributed by atoms with Crippen molar-refractivity contribution in [3.8, 4) is 5.75 Å². The smallest absolute Gasteiger partial charge is 0.248 e. The molecule has 3 rings (SSSR count). The van der Waals surface area contributed by atoms with Gasteiger partial charge in [-0.2, -0.15) is 4.99 Å². The summed E-state index contributed by atoms with van der Waals surface area (Å²) in [6.07, 6.45) is 2.16. The summed E-state index contributed by atoms with van der Waals surface area (Å²) in [5.74, 6) is 0.748. The summed E-state index contributed by atoms with van der Waals surface area (Å²) >= 11 is 1.40. The topological polar surface area (TPSA) is 76.0 Å². The van der Waals surface area contributed by atoms with Gasteiger partial charge in [-0.1, -0.05) is 31.2 Å². The fourth-order valence-corrected chi connectivity index (χ4v) is 7.05. The molecular weight excluding hydrogens is 360 g/mol. The molecule has 0 N–H and O–H groups in total. The van der Waals surface area contributed by atoms with Gasteiger partial charge in [0.25, 0.3) is 0 Å². The highest BCUT2D eigenvalue weighted by atomic mass is 32.2. The molecule has 2 atom stereocenters. The molecule has 2 saturated heterocycles. The average molecular weight is 383 g/mol. The number of benzene rings is 1. The Morgan fingerprint density at radius 1 is 1.40 bits per heavy atom. The molecule has 0 saturated carbocycles. The van der Waals surface area contributed by atoms with Crippen molar-refractivity contribution in [1.29, 1.82) is 0 Å². The van der Waals surface area contributed by atoms with Gasteiger partial charge in [0, 0.05) is 23.4 Å². The molecule has 6 nitrogen and oxygen atoms in total. The quantitative estimate of drug-likeness (QED) is 0.779. The third-order valence-corrected chi connectivity index (χ3v) is 7.57. The first kappa shape index (κ1) is 18.3. The average Bonchev–Trinajstić information content (AvgIpc) is 3.03. The number of thioether (sulfide) groups is 1. The number of hydrogen-bond acceptors (Lipinski definition) is 5. The second kappa shape index (κ2) is 7.37. The molecule has 136 valence electrons. The largest absolute Gasteiger partial charge is 0.497 e. The zero-order valence-corrected chi connectivity index (χ0v) is 16.0. The third-order valence-electron chi connectivity index (χ3n) is 4.36. The Kier molecular flexibility index (Phi) is 5.38. The lowest BCUT2D eigenvalue weighted by Crippen LogP contribution is -2.37. The van der Waals surface area contributed by atoms with Crippen LogP contribution >= 0.6 is 11.8 Å². The van der Waals surface area contributed by atoms with Crippen molar-refractivity contribution in [3.63, 3.8) is 0 Å². The summed E-state index contributed by atoms with van der Waals surface area (Å²) in [5.41, 5.74) is 0.804. The van der Waals surface area contributed by atoms with Crippen LogP contribution in [0.4, 0.5) is 5.69 Å². The van der Waals surface area contributed by atoms with Crippen molar-refractivity contribution >= 4 is 38.4 Å². The van der Waals surface area contributed by atoms with Crippen LogP contribution < -0.4 is 9.64 Å². The number of rotatable bonds is 5. The van der Waals surface area contributed by atoms with Crippen LogP contribution in [0.5, 0.6) is 5.75 Å². The van der Waals surface area contributed by atoms with Crippen LogP contribution in [-0.2, 0) is 14.6 Å². The predicted molar refractivity (Wildman–Crippen MR) is 101 cm³/mol. The van der Waals surface area contributed by atoms with Crippen LogP contribution in [0.2, 0.25) is 0 Å². The number of methoxy groups -OCH3 is 1. The van der Waals surface area contributed by atoms with E-state index < -0.39 is 9.84 Å². The van der Waals surface area contributed by atoms with Crippen LogP contribution in [-0.4, -0.2) is 49.4 Å². The molecular formula is C17H22N2O4S2. The number of carbonyl (C=O) groups is 1. The molecule has 1 aromatic rings. The van der Waals surface area contributed by atoms with Gasteiger partial charge in [0.05, 0.1) is 24.7 Å². The number of anilines is 1. The SMILES string of the molecule is CCCCC(=O)N=C1S[C@H]2CS(=O)(=O)C[C@@H]2N1c1cccc(OC)c1. The van der Waals surface area contributed by atoms with E-state index in [0.29, 0.717) is 17.3 Å². The number of fused-ring (bicyclic) bond motifs is 1. The van der Waals surface area contributed by atoms with Gasteiger partial charge >= 0.3 is 0 Å². The van der Waals surface area contributed by atoms with Crippen molar-refractivity contribution < 1.29 is 17.9 Å². The summed E-state index contributed by atoms with van der Waals surface area (Å²) in [4.78, 5) is 18.3. The lowest BCUT2D eigenvalue weighted by atomic mass is 10.2. The molecule has 0 aromatic heterocycles. The van der Waals surface area contributed by atoms with Crippen LogP contribution in [0.1, 0.15) is 26.2 Å². The van der Waals surface area contributed by atoms with Crippen molar-refractivity contribution in [2.45, 2.75) is 37.5 Å². The Morgan fingerprint density at radius 3 is 2.92 bits per heavy atom. The molecule has 0 unspecified atom stereocenters. The maximum Gasteiger partial charge on any atom is 0.248 e. The van der Waals surface area contributed by atoms with Gasteiger partial charge in [-0.25, -0.2) is 8.42 Å². The van der Waals surface area contributed by atoms with Gasteiger partial charge in [0.15, 0.2) is 15.0 Å². The predicted octanol–water partition coefficient (Wildman–Crippen LogP) is 2.49. The molecule has 2 aliphatic heterocycles. The van der Waals surface area contributed by atoms with Gasteiger partial charge in [0.1, 0.15) is 5.75 Å². The van der Waals surface area contributed by atoms with Gasteiger partial charge < -0.3 is 9.64 Å². The molecule has 0 aliphatic carbocycles. The van der Waals surface area contributed by atoms with Crippen LogP contribution in [0.3, 0.4) is 0 Å². The first-order valence-corrected chi connectivity index (χ1v) is 11.1. The summed E-state index contributed by atoms with van der Waals surface area (Å²) in [6.45, 7) is 2.03. The Bertz CT molecular complexity index is 792. The summed E-state index contributed by atoms with van der Waals surface area (Å²) in [7, 11) is -1.47. The fraction of sp³-hybridized carbons (Fsp3) is 0.529. The first-order valence-electron chi connectivity index (χ1n) is 8.35. The number of nitrogens with zero attached hydrogens (tertiary/aromatic N) is 2. The van der Waals surface area contributed by atoms with E-state index in [4.69, 9.17) is 4.74 Å². The highest BCUT2D eigenvalue weighted by molar-refractivity contribution is 8.16. The van der Waals surface area contributed by atoms with E-state index in [1.54, 1.807) is 7.11 Å². The Morgan fingerprint density at radius 2 is 2.20 bits per heavy atom. The van der Waals surface area contributed by atoms with Crippen LogP contribution in [0.15, 0.2) is 29.3 Å². The molecule has 2 fully saturated rings. The first-order chi connectivity index (χ1) is 11.9. The van der Waals surface area contributed by atoms with Gasteiger partial charge in [0.2, 0.25) is 5.91 Å². The van der Waals surface area contributed by atoms with E-state index in [2.05, 4.69) is 4.99 Å². The Hall–Kier alpha value is -1.54. The highest BCUT2D eigenvalue weighted by Crippen LogP contribution is 2.41. The number of amidine groups is 1. The Balaban J connectivity index is 1.95. The Labute approximate surface area is 152 Å². The van der Waals surface area contributed by atoms with Crippen molar-refractivity contribution in [3.05, 3.63) is 24.3 Å².